The Labute approximate surface area is 91.9 Å². The molecule has 0 spiro atoms. The van der Waals surface area contributed by atoms with E-state index in [1.807, 2.05) is 6.92 Å². The minimum atomic E-state index is -0.818. The average molecular weight is 214 g/mol. The van der Waals surface area contributed by atoms with Crippen LogP contribution in [0, 0.1) is 5.92 Å². The molecule has 0 aromatic rings. The second-order valence-corrected chi connectivity index (χ2v) is 4.26. The molecule has 0 bridgehead atoms. The fourth-order valence-electron chi connectivity index (χ4n) is 1.61. The van der Waals surface area contributed by atoms with Crippen LogP contribution in [-0.4, -0.2) is 16.9 Å². The number of carbonyl (C=O) groups excluding carboxylic acids is 1. The Bertz CT molecular complexity index is 199. The zero-order chi connectivity index (χ0) is 11.7. The lowest BCUT2D eigenvalue weighted by atomic mass is 9.98. The van der Waals surface area contributed by atoms with Crippen LogP contribution in [0.15, 0.2) is 0 Å². The summed E-state index contributed by atoms with van der Waals surface area (Å²) in [6, 6.07) is 0. The van der Waals surface area contributed by atoms with Gasteiger partial charge in [-0.05, 0) is 12.3 Å². The highest BCUT2D eigenvalue weighted by Crippen LogP contribution is 2.11. The zero-order valence-electron chi connectivity index (χ0n) is 9.79. The van der Waals surface area contributed by atoms with Gasteiger partial charge in [0, 0.05) is 19.3 Å². The van der Waals surface area contributed by atoms with Crippen LogP contribution in [0.25, 0.3) is 0 Å². The summed E-state index contributed by atoms with van der Waals surface area (Å²) in [6.45, 7) is 3.95. The molecule has 0 rings (SSSR count). The van der Waals surface area contributed by atoms with Gasteiger partial charge in [-0.15, -0.1) is 0 Å². The predicted molar refractivity (Wildman–Crippen MR) is 59.8 cm³/mol. The first-order valence-electron chi connectivity index (χ1n) is 5.79. The monoisotopic (exact) mass is 214 g/mol. The van der Waals surface area contributed by atoms with Gasteiger partial charge in [-0.25, -0.2) is 0 Å². The van der Waals surface area contributed by atoms with Crippen LogP contribution in [0.2, 0.25) is 0 Å². The van der Waals surface area contributed by atoms with Crippen molar-refractivity contribution in [3.05, 3.63) is 0 Å². The van der Waals surface area contributed by atoms with Crippen molar-refractivity contribution in [1.29, 1.82) is 0 Å². The van der Waals surface area contributed by atoms with Crippen LogP contribution in [0.3, 0.4) is 0 Å². The lowest BCUT2D eigenvalue weighted by Crippen LogP contribution is -2.09. The molecule has 0 heterocycles. The first kappa shape index (κ1) is 14.1. The number of hydrogen-bond donors (Lipinski definition) is 1. The van der Waals surface area contributed by atoms with Crippen LogP contribution in [0.4, 0.5) is 0 Å². The fraction of sp³-hybridized carbons (Fsp3) is 0.833. The summed E-state index contributed by atoms with van der Waals surface area (Å²) in [5, 5.41) is 8.53. The Morgan fingerprint density at radius 3 is 2.33 bits per heavy atom. The second kappa shape index (κ2) is 8.45. The number of aliphatic carboxylic acids is 1. The molecule has 0 aromatic heterocycles. The van der Waals surface area contributed by atoms with Gasteiger partial charge in [0.05, 0.1) is 0 Å². The third kappa shape index (κ3) is 9.44. The third-order valence-electron chi connectivity index (χ3n) is 2.41. The van der Waals surface area contributed by atoms with E-state index in [0.717, 1.165) is 12.8 Å². The van der Waals surface area contributed by atoms with Crippen LogP contribution >= 0.6 is 0 Å². The Morgan fingerprint density at radius 1 is 1.13 bits per heavy atom. The largest absolute Gasteiger partial charge is 0.481 e. The molecule has 1 N–H and O–H groups in total. The van der Waals surface area contributed by atoms with E-state index in [4.69, 9.17) is 5.11 Å². The number of carboxylic acid groups (broad SMARTS) is 1. The summed E-state index contributed by atoms with van der Waals surface area (Å²) in [7, 11) is 0. The molecule has 0 aliphatic carbocycles. The summed E-state index contributed by atoms with van der Waals surface area (Å²) < 4.78 is 0. The van der Waals surface area contributed by atoms with Gasteiger partial charge >= 0.3 is 5.97 Å². The summed E-state index contributed by atoms with van der Waals surface area (Å²) in [5.41, 5.74) is 0. The fourth-order valence-corrected chi connectivity index (χ4v) is 1.61. The van der Waals surface area contributed by atoms with Crippen molar-refractivity contribution in [1.82, 2.24) is 0 Å². The van der Waals surface area contributed by atoms with Gasteiger partial charge in [0.1, 0.15) is 5.78 Å². The molecule has 0 aromatic carbocycles. The molecule has 0 saturated carbocycles. The van der Waals surface area contributed by atoms with Crippen molar-refractivity contribution < 1.29 is 14.7 Å². The van der Waals surface area contributed by atoms with Gasteiger partial charge in [-0.1, -0.05) is 33.1 Å². The number of Topliss-reactive ketones (excluding diaryl/α,β-unsaturated/α-hetero) is 1. The topological polar surface area (TPSA) is 54.4 Å². The zero-order valence-corrected chi connectivity index (χ0v) is 9.79. The molecule has 1 atom stereocenters. The third-order valence-corrected chi connectivity index (χ3v) is 2.41. The SMILES string of the molecule is CCCCCCC(=O)C[C@H](C)CC(=O)O. The Kier molecular flexibility index (Phi) is 7.96. The highest BCUT2D eigenvalue weighted by Gasteiger charge is 2.11. The number of carboxylic acids is 1. The number of carbonyl (C=O) groups is 2. The molecule has 0 unspecified atom stereocenters. The van der Waals surface area contributed by atoms with Crippen molar-refractivity contribution in [3.63, 3.8) is 0 Å². The molecular weight excluding hydrogens is 192 g/mol. The summed E-state index contributed by atoms with van der Waals surface area (Å²) >= 11 is 0. The quantitative estimate of drug-likeness (QED) is 0.600. The maximum atomic E-state index is 11.4. The van der Waals surface area contributed by atoms with Gasteiger partial charge in [-0.3, -0.25) is 9.59 Å². The smallest absolute Gasteiger partial charge is 0.303 e. The van der Waals surface area contributed by atoms with Crippen LogP contribution in [-0.2, 0) is 9.59 Å². The van der Waals surface area contributed by atoms with Crippen molar-refractivity contribution >= 4 is 11.8 Å². The van der Waals surface area contributed by atoms with Crippen molar-refractivity contribution in [2.24, 2.45) is 5.92 Å². The van der Waals surface area contributed by atoms with E-state index in [1.165, 1.54) is 12.8 Å². The molecule has 88 valence electrons. The summed E-state index contributed by atoms with van der Waals surface area (Å²) in [6.07, 6.45) is 5.53. The molecule has 0 fully saturated rings. The van der Waals surface area contributed by atoms with Crippen LogP contribution in [0.5, 0.6) is 0 Å². The maximum Gasteiger partial charge on any atom is 0.303 e. The predicted octanol–water partition coefficient (Wildman–Crippen LogP) is 3.03. The van der Waals surface area contributed by atoms with Crippen molar-refractivity contribution in [2.45, 2.75) is 58.8 Å². The Balaban J connectivity index is 3.51. The lowest BCUT2D eigenvalue weighted by Gasteiger charge is -2.07. The maximum absolute atomic E-state index is 11.4. The highest BCUT2D eigenvalue weighted by atomic mass is 16.4. The number of unbranched alkanes of at least 4 members (excludes halogenated alkanes) is 3. The van der Waals surface area contributed by atoms with E-state index in [9.17, 15) is 9.59 Å². The van der Waals surface area contributed by atoms with Crippen LogP contribution in [0.1, 0.15) is 58.8 Å². The first-order valence-corrected chi connectivity index (χ1v) is 5.79. The van der Waals surface area contributed by atoms with E-state index < -0.39 is 5.97 Å². The minimum absolute atomic E-state index is 0.0267. The van der Waals surface area contributed by atoms with Crippen LogP contribution < -0.4 is 0 Å². The molecular formula is C12H22O3. The number of rotatable bonds is 9. The summed E-state index contributed by atoms with van der Waals surface area (Å²) in [5.74, 6) is -0.637. The van der Waals surface area contributed by atoms with E-state index in [-0.39, 0.29) is 18.1 Å². The first-order chi connectivity index (χ1) is 7.06. The summed E-state index contributed by atoms with van der Waals surface area (Å²) in [4.78, 5) is 21.8. The molecule has 0 saturated heterocycles. The average Bonchev–Trinajstić information content (AvgIpc) is 2.10. The standard InChI is InChI=1S/C12H22O3/c1-3-4-5-6-7-11(13)8-10(2)9-12(14)15/h10H,3-9H2,1-2H3,(H,14,15)/t10-/m0/s1. The van der Waals surface area contributed by atoms with Gasteiger partial charge in [0.15, 0.2) is 0 Å². The van der Waals surface area contributed by atoms with Crippen molar-refractivity contribution in [3.8, 4) is 0 Å². The van der Waals surface area contributed by atoms with Gasteiger partial charge in [-0.2, -0.15) is 0 Å². The molecule has 3 nitrogen and oxygen atoms in total. The van der Waals surface area contributed by atoms with E-state index >= 15 is 0 Å². The normalized spacial score (nSPS) is 12.4. The van der Waals surface area contributed by atoms with Gasteiger partial charge in [0.2, 0.25) is 0 Å². The van der Waals surface area contributed by atoms with Crippen molar-refractivity contribution in [2.75, 3.05) is 0 Å². The number of ketones is 1. The molecule has 15 heavy (non-hydrogen) atoms. The second-order valence-electron chi connectivity index (χ2n) is 4.26. The lowest BCUT2D eigenvalue weighted by molar-refractivity contribution is -0.138. The van der Waals surface area contributed by atoms with E-state index in [0.29, 0.717) is 12.8 Å². The van der Waals surface area contributed by atoms with Gasteiger partial charge in [0.25, 0.3) is 0 Å². The molecule has 0 radical (unpaired) electrons. The Morgan fingerprint density at radius 2 is 1.80 bits per heavy atom. The van der Waals surface area contributed by atoms with Gasteiger partial charge < -0.3 is 5.11 Å². The molecule has 0 aliphatic rings. The highest BCUT2D eigenvalue weighted by molar-refractivity contribution is 5.79. The molecule has 0 amide bonds. The number of hydrogen-bond acceptors (Lipinski definition) is 2. The van der Waals surface area contributed by atoms with E-state index in [2.05, 4.69) is 6.92 Å². The molecule has 3 heteroatoms. The minimum Gasteiger partial charge on any atom is -0.481 e. The Hall–Kier alpha value is -0.860. The van der Waals surface area contributed by atoms with E-state index in [1.54, 1.807) is 0 Å². The molecule has 0 aliphatic heterocycles.